The molecule has 0 radical (unpaired) electrons. The molecule has 0 spiro atoms. The lowest BCUT2D eigenvalue weighted by atomic mass is 10.0. The molecule has 1 unspecified atom stereocenters. The summed E-state index contributed by atoms with van der Waals surface area (Å²) >= 11 is 0. The van der Waals surface area contributed by atoms with Crippen LogP contribution < -0.4 is 5.32 Å². The van der Waals surface area contributed by atoms with Crippen LogP contribution in [0.2, 0.25) is 0 Å². The van der Waals surface area contributed by atoms with Crippen LogP contribution in [-0.4, -0.2) is 46.0 Å². The molecule has 2 aliphatic rings. The molecular formula is C13H22Cl2N4O. The number of amides is 1. The van der Waals surface area contributed by atoms with Crippen molar-refractivity contribution in [3.63, 3.8) is 0 Å². The summed E-state index contributed by atoms with van der Waals surface area (Å²) in [4.78, 5) is 18.3. The van der Waals surface area contributed by atoms with Crippen LogP contribution in [0.25, 0.3) is 0 Å². The Bertz CT molecular complexity index is 399. The Morgan fingerprint density at radius 2 is 1.95 bits per heavy atom. The van der Waals surface area contributed by atoms with E-state index < -0.39 is 0 Å². The van der Waals surface area contributed by atoms with Crippen LogP contribution in [0, 0.1) is 0 Å². The number of carbonyl (C=O) groups is 1. The second-order valence-electron chi connectivity index (χ2n) is 5.22. The number of nitrogens with zero attached hydrogens (tertiary/aromatic N) is 3. The average molecular weight is 321 g/mol. The third-order valence-corrected chi connectivity index (χ3v) is 4.08. The van der Waals surface area contributed by atoms with Crippen LogP contribution >= 0.6 is 24.8 Å². The van der Waals surface area contributed by atoms with Gasteiger partial charge in [-0.3, -0.25) is 4.79 Å². The van der Waals surface area contributed by atoms with Crippen molar-refractivity contribution in [3.8, 4) is 0 Å². The first-order valence-corrected chi connectivity index (χ1v) is 6.84. The molecule has 3 rings (SSSR count). The van der Waals surface area contributed by atoms with Gasteiger partial charge in [0.1, 0.15) is 0 Å². The number of carbonyl (C=O) groups excluding carboxylic acids is 1. The molecule has 5 nitrogen and oxygen atoms in total. The third-order valence-electron chi connectivity index (χ3n) is 4.08. The topological polar surface area (TPSA) is 50.2 Å². The van der Waals surface area contributed by atoms with Crippen LogP contribution in [-0.2, 0) is 4.79 Å². The van der Waals surface area contributed by atoms with E-state index in [2.05, 4.69) is 14.9 Å². The molecule has 3 heterocycles. The Morgan fingerprint density at radius 3 is 2.50 bits per heavy atom. The average Bonchev–Trinajstić information content (AvgIpc) is 3.11. The molecule has 1 atom stereocenters. The minimum atomic E-state index is 0. The number of hydrogen-bond acceptors (Lipinski definition) is 3. The molecule has 0 aliphatic carbocycles. The van der Waals surface area contributed by atoms with Gasteiger partial charge in [-0.15, -0.1) is 24.8 Å². The number of piperidine rings is 1. The van der Waals surface area contributed by atoms with Crippen molar-refractivity contribution in [1.82, 2.24) is 19.8 Å². The van der Waals surface area contributed by atoms with Crippen LogP contribution in [0.5, 0.6) is 0 Å². The van der Waals surface area contributed by atoms with E-state index >= 15 is 0 Å². The molecule has 2 aliphatic heterocycles. The van der Waals surface area contributed by atoms with Crippen molar-refractivity contribution in [3.05, 3.63) is 18.7 Å². The van der Waals surface area contributed by atoms with E-state index in [4.69, 9.17) is 0 Å². The van der Waals surface area contributed by atoms with Gasteiger partial charge >= 0.3 is 0 Å². The highest BCUT2D eigenvalue weighted by Crippen LogP contribution is 2.23. The van der Waals surface area contributed by atoms with Crippen molar-refractivity contribution in [2.75, 3.05) is 19.6 Å². The lowest BCUT2D eigenvalue weighted by molar-refractivity contribution is -0.134. The fourth-order valence-electron chi connectivity index (χ4n) is 2.99. The fraction of sp³-hybridized carbons (Fsp3) is 0.692. The van der Waals surface area contributed by atoms with Crippen molar-refractivity contribution in [2.24, 2.45) is 0 Å². The minimum absolute atomic E-state index is 0. The Morgan fingerprint density at radius 1 is 1.20 bits per heavy atom. The normalized spacial score (nSPS) is 23.0. The number of likely N-dealkylation sites (tertiary alicyclic amines) is 1. The zero-order chi connectivity index (χ0) is 12.4. The van der Waals surface area contributed by atoms with Crippen LogP contribution in [0.3, 0.4) is 0 Å². The van der Waals surface area contributed by atoms with E-state index in [-0.39, 0.29) is 30.9 Å². The number of aromatic nitrogens is 2. The number of rotatable bonds is 2. The summed E-state index contributed by atoms with van der Waals surface area (Å²) in [7, 11) is 0. The van der Waals surface area contributed by atoms with Crippen molar-refractivity contribution < 1.29 is 4.79 Å². The lowest BCUT2D eigenvalue weighted by Gasteiger charge is -2.34. The van der Waals surface area contributed by atoms with Gasteiger partial charge in [-0.1, -0.05) is 0 Å². The van der Waals surface area contributed by atoms with Crippen LogP contribution in [0.15, 0.2) is 18.7 Å². The van der Waals surface area contributed by atoms with Gasteiger partial charge in [-0.2, -0.15) is 0 Å². The van der Waals surface area contributed by atoms with Gasteiger partial charge in [-0.25, -0.2) is 4.98 Å². The molecular weight excluding hydrogens is 299 g/mol. The summed E-state index contributed by atoms with van der Waals surface area (Å²) in [5.74, 6) is 0.302. The summed E-state index contributed by atoms with van der Waals surface area (Å²) < 4.78 is 2.16. The summed E-state index contributed by atoms with van der Waals surface area (Å²) in [5, 5.41) is 3.29. The fourth-order valence-corrected chi connectivity index (χ4v) is 2.99. The molecule has 1 aromatic rings. The quantitative estimate of drug-likeness (QED) is 0.901. The maximum Gasteiger partial charge on any atom is 0.239 e. The molecule has 2 fully saturated rings. The minimum Gasteiger partial charge on any atom is -0.341 e. The van der Waals surface area contributed by atoms with Gasteiger partial charge in [0.25, 0.3) is 0 Å². The first-order chi connectivity index (χ1) is 8.84. The summed E-state index contributed by atoms with van der Waals surface area (Å²) in [6.45, 7) is 2.74. The highest BCUT2D eigenvalue weighted by atomic mass is 35.5. The molecule has 20 heavy (non-hydrogen) atoms. The first kappa shape index (κ1) is 17.3. The molecule has 7 heteroatoms. The highest BCUT2D eigenvalue weighted by molar-refractivity contribution is 5.85. The second kappa shape index (κ2) is 7.86. The predicted octanol–water partition coefficient (Wildman–Crippen LogP) is 1.64. The number of hydrogen-bond donors (Lipinski definition) is 1. The van der Waals surface area contributed by atoms with Gasteiger partial charge in [0.05, 0.1) is 12.4 Å². The summed E-state index contributed by atoms with van der Waals surface area (Å²) in [6, 6.07) is 0.586. The number of halogens is 2. The van der Waals surface area contributed by atoms with E-state index in [0.717, 1.165) is 45.3 Å². The molecule has 1 N–H and O–H groups in total. The van der Waals surface area contributed by atoms with Crippen molar-refractivity contribution in [1.29, 1.82) is 0 Å². The summed E-state index contributed by atoms with van der Waals surface area (Å²) in [5.41, 5.74) is 0. The van der Waals surface area contributed by atoms with Gasteiger partial charge in [0.2, 0.25) is 5.91 Å². The maximum absolute atomic E-state index is 12.2. The van der Waals surface area contributed by atoms with Gasteiger partial charge < -0.3 is 14.8 Å². The van der Waals surface area contributed by atoms with E-state index in [1.165, 1.54) is 0 Å². The molecule has 114 valence electrons. The predicted molar refractivity (Wildman–Crippen MR) is 82.6 cm³/mol. The summed E-state index contributed by atoms with van der Waals surface area (Å²) in [6.07, 6.45) is 9.91. The molecule has 1 amide bonds. The molecule has 1 aromatic heterocycles. The van der Waals surface area contributed by atoms with Gasteiger partial charge in [0.15, 0.2) is 0 Å². The molecule has 2 saturated heterocycles. The molecule has 0 bridgehead atoms. The number of imidazole rings is 1. The van der Waals surface area contributed by atoms with E-state index in [1.54, 1.807) is 0 Å². The second-order valence-corrected chi connectivity index (χ2v) is 5.22. The standard InChI is InChI=1S/C13H20N4O.2ClH/c18-13(12-2-1-5-15-12)16-7-3-11(4-8-16)17-9-6-14-10-17;;/h6,9-12,15H,1-5,7-8H2;2*1H. The highest BCUT2D eigenvalue weighted by Gasteiger charge is 2.29. The zero-order valence-corrected chi connectivity index (χ0v) is 13.0. The van der Waals surface area contributed by atoms with Crippen LogP contribution in [0.4, 0.5) is 0 Å². The SMILES string of the molecule is Cl.Cl.O=C(C1CCCN1)N1CCC(n2ccnc2)CC1. The maximum atomic E-state index is 12.2. The lowest BCUT2D eigenvalue weighted by Crippen LogP contribution is -2.47. The van der Waals surface area contributed by atoms with Crippen molar-refractivity contribution in [2.45, 2.75) is 37.8 Å². The monoisotopic (exact) mass is 320 g/mol. The molecule has 0 aromatic carbocycles. The number of nitrogens with one attached hydrogen (secondary N) is 1. The Hall–Kier alpha value is -0.780. The Labute approximate surface area is 131 Å². The van der Waals surface area contributed by atoms with E-state index in [0.29, 0.717) is 11.9 Å². The molecule has 0 saturated carbocycles. The van der Waals surface area contributed by atoms with E-state index in [1.807, 2.05) is 23.6 Å². The Kier molecular flexibility index (Phi) is 6.79. The smallest absolute Gasteiger partial charge is 0.239 e. The third kappa shape index (κ3) is 3.65. The van der Waals surface area contributed by atoms with Gasteiger partial charge in [-0.05, 0) is 32.2 Å². The van der Waals surface area contributed by atoms with Crippen LogP contribution in [0.1, 0.15) is 31.7 Å². The largest absolute Gasteiger partial charge is 0.341 e. The zero-order valence-electron chi connectivity index (χ0n) is 11.4. The van der Waals surface area contributed by atoms with Crippen molar-refractivity contribution >= 4 is 30.7 Å². The van der Waals surface area contributed by atoms with E-state index in [9.17, 15) is 4.79 Å². The van der Waals surface area contributed by atoms with Gasteiger partial charge in [0, 0.05) is 31.5 Å². The first-order valence-electron chi connectivity index (χ1n) is 6.84. The Balaban J connectivity index is 0.000001000.